The third-order valence-corrected chi connectivity index (χ3v) is 3.57. The van der Waals surface area contributed by atoms with Gasteiger partial charge in [0.1, 0.15) is 0 Å². The van der Waals surface area contributed by atoms with Gasteiger partial charge in [-0.1, -0.05) is 0 Å². The molecule has 1 aromatic rings. The Hall–Kier alpha value is -2.11. The first-order valence-electron chi connectivity index (χ1n) is 6.81. The standard InChI is InChI=1S/C14H19N3O3/c18-13(19)11-1-2-12(9-11)17-14(20)16-8-5-10-3-6-15-7-4-10/h3-4,6-7,11-12H,1-2,5,8-9H2,(H,18,19)(H2,16,17,20). The van der Waals surface area contributed by atoms with Gasteiger partial charge in [0.15, 0.2) is 0 Å². The van der Waals surface area contributed by atoms with Crippen LogP contribution in [0.4, 0.5) is 4.79 Å². The van der Waals surface area contributed by atoms with Gasteiger partial charge in [0.2, 0.25) is 0 Å². The third-order valence-electron chi connectivity index (χ3n) is 3.57. The van der Waals surface area contributed by atoms with Crippen LogP contribution in [0.1, 0.15) is 24.8 Å². The van der Waals surface area contributed by atoms with Gasteiger partial charge in [0.05, 0.1) is 5.92 Å². The molecule has 108 valence electrons. The number of carboxylic acid groups (broad SMARTS) is 1. The summed E-state index contributed by atoms with van der Waals surface area (Å²) in [6, 6.07) is 3.56. The Morgan fingerprint density at radius 3 is 2.70 bits per heavy atom. The van der Waals surface area contributed by atoms with E-state index in [1.54, 1.807) is 12.4 Å². The van der Waals surface area contributed by atoms with E-state index in [0.717, 1.165) is 18.4 Å². The Morgan fingerprint density at radius 2 is 2.05 bits per heavy atom. The fourth-order valence-corrected chi connectivity index (χ4v) is 2.44. The van der Waals surface area contributed by atoms with Crippen LogP contribution >= 0.6 is 0 Å². The second kappa shape index (κ2) is 6.88. The van der Waals surface area contributed by atoms with Crippen LogP contribution in [0, 0.1) is 5.92 Å². The fraction of sp³-hybridized carbons (Fsp3) is 0.500. The molecule has 1 aliphatic carbocycles. The van der Waals surface area contributed by atoms with Crippen LogP contribution in [-0.2, 0) is 11.2 Å². The molecule has 0 saturated heterocycles. The topological polar surface area (TPSA) is 91.3 Å². The van der Waals surface area contributed by atoms with E-state index in [1.165, 1.54) is 0 Å². The van der Waals surface area contributed by atoms with Crippen molar-refractivity contribution >= 4 is 12.0 Å². The Labute approximate surface area is 117 Å². The minimum absolute atomic E-state index is 0.0305. The Balaban J connectivity index is 1.65. The van der Waals surface area contributed by atoms with Gasteiger partial charge in [0.25, 0.3) is 0 Å². The largest absolute Gasteiger partial charge is 0.481 e. The lowest BCUT2D eigenvalue weighted by atomic mass is 10.1. The van der Waals surface area contributed by atoms with Crippen molar-refractivity contribution in [1.29, 1.82) is 0 Å². The molecule has 20 heavy (non-hydrogen) atoms. The van der Waals surface area contributed by atoms with E-state index in [9.17, 15) is 9.59 Å². The lowest BCUT2D eigenvalue weighted by Crippen LogP contribution is -2.41. The van der Waals surface area contributed by atoms with Crippen LogP contribution in [0.5, 0.6) is 0 Å². The molecule has 1 heterocycles. The monoisotopic (exact) mass is 277 g/mol. The normalized spacial score (nSPS) is 21.4. The number of carboxylic acids is 1. The molecule has 2 rings (SSSR count). The van der Waals surface area contributed by atoms with Gasteiger partial charge in [0, 0.05) is 25.0 Å². The van der Waals surface area contributed by atoms with Gasteiger partial charge in [-0.05, 0) is 43.4 Å². The summed E-state index contributed by atoms with van der Waals surface area (Å²) in [7, 11) is 0. The maximum atomic E-state index is 11.7. The molecule has 1 fully saturated rings. The maximum Gasteiger partial charge on any atom is 0.315 e. The number of carbonyl (C=O) groups is 2. The van der Waals surface area contributed by atoms with Crippen molar-refractivity contribution in [3.8, 4) is 0 Å². The second-order valence-electron chi connectivity index (χ2n) is 5.05. The Kier molecular flexibility index (Phi) is 4.92. The first-order chi connectivity index (χ1) is 9.65. The van der Waals surface area contributed by atoms with Crippen molar-refractivity contribution in [2.24, 2.45) is 5.92 Å². The van der Waals surface area contributed by atoms with Gasteiger partial charge in [-0.2, -0.15) is 0 Å². The molecule has 0 aromatic carbocycles. The number of urea groups is 1. The Morgan fingerprint density at radius 1 is 1.30 bits per heavy atom. The van der Waals surface area contributed by atoms with Crippen molar-refractivity contribution in [2.75, 3.05) is 6.54 Å². The zero-order chi connectivity index (χ0) is 14.4. The van der Waals surface area contributed by atoms with E-state index in [1.807, 2.05) is 12.1 Å². The first kappa shape index (κ1) is 14.3. The molecule has 2 amide bonds. The maximum absolute atomic E-state index is 11.7. The number of aliphatic carboxylic acids is 1. The number of carbonyl (C=O) groups excluding carboxylic acids is 1. The summed E-state index contributed by atoms with van der Waals surface area (Å²) in [5.41, 5.74) is 1.12. The van der Waals surface area contributed by atoms with Crippen LogP contribution in [0.25, 0.3) is 0 Å². The third kappa shape index (κ3) is 4.22. The summed E-state index contributed by atoms with van der Waals surface area (Å²) in [6.45, 7) is 0.547. The number of hydrogen-bond acceptors (Lipinski definition) is 3. The van der Waals surface area contributed by atoms with E-state index in [0.29, 0.717) is 19.4 Å². The van der Waals surface area contributed by atoms with Crippen LogP contribution in [0.3, 0.4) is 0 Å². The molecule has 2 unspecified atom stereocenters. The molecule has 2 atom stereocenters. The molecule has 0 bridgehead atoms. The minimum atomic E-state index is -0.771. The van der Waals surface area contributed by atoms with Crippen LogP contribution in [0.15, 0.2) is 24.5 Å². The van der Waals surface area contributed by atoms with Crippen molar-refractivity contribution < 1.29 is 14.7 Å². The lowest BCUT2D eigenvalue weighted by molar-refractivity contribution is -0.141. The average Bonchev–Trinajstić information content (AvgIpc) is 2.88. The van der Waals surface area contributed by atoms with Crippen LogP contribution in [-0.4, -0.2) is 34.7 Å². The van der Waals surface area contributed by atoms with E-state index in [2.05, 4.69) is 15.6 Å². The summed E-state index contributed by atoms with van der Waals surface area (Å²) in [5.74, 6) is -1.09. The highest BCUT2D eigenvalue weighted by Crippen LogP contribution is 2.25. The number of rotatable bonds is 5. The SMILES string of the molecule is O=C(NCCc1ccncc1)NC1CCC(C(=O)O)C1. The van der Waals surface area contributed by atoms with Crippen molar-refractivity contribution in [3.63, 3.8) is 0 Å². The van der Waals surface area contributed by atoms with Crippen LogP contribution < -0.4 is 10.6 Å². The molecule has 0 radical (unpaired) electrons. The molecule has 3 N–H and O–H groups in total. The molecule has 0 aliphatic heterocycles. The number of pyridine rings is 1. The van der Waals surface area contributed by atoms with E-state index in [4.69, 9.17) is 5.11 Å². The summed E-state index contributed by atoms with van der Waals surface area (Å²) >= 11 is 0. The summed E-state index contributed by atoms with van der Waals surface area (Å²) in [4.78, 5) is 26.4. The lowest BCUT2D eigenvalue weighted by Gasteiger charge is -2.13. The van der Waals surface area contributed by atoms with E-state index < -0.39 is 5.97 Å². The second-order valence-corrected chi connectivity index (χ2v) is 5.05. The molecule has 0 spiro atoms. The van der Waals surface area contributed by atoms with E-state index in [-0.39, 0.29) is 18.0 Å². The van der Waals surface area contributed by atoms with Crippen molar-refractivity contribution in [2.45, 2.75) is 31.7 Å². The minimum Gasteiger partial charge on any atom is -0.481 e. The molecule has 1 saturated carbocycles. The quantitative estimate of drug-likeness (QED) is 0.753. The van der Waals surface area contributed by atoms with Gasteiger partial charge < -0.3 is 15.7 Å². The highest BCUT2D eigenvalue weighted by molar-refractivity contribution is 5.75. The highest BCUT2D eigenvalue weighted by atomic mass is 16.4. The van der Waals surface area contributed by atoms with Crippen molar-refractivity contribution in [1.82, 2.24) is 15.6 Å². The number of nitrogens with zero attached hydrogens (tertiary/aromatic N) is 1. The molecule has 1 aliphatic rings. The summed E-state index contributed by atoms with van der Waals surface area (Å²) in [6.07, 6.45) is 6.08. The van der Waals surface area contributed by atoms with Crippen LogP contribution in [0.2, 0.25) is 0 Å². The summed E-state index contributed by atoms with van der Waals surface area (Å²) in [5, 5.41) is 14.5. The average molecular weight is 277 g/mol. The van der Waals surface area contributed by atoms with Gasteiger partial charge in [-0.3, -0.25) is 9.78 Å². The Bertz CT molecular complexity index is 464. The predicted molar refractivity (Wildman–Crippen MR) is 73.2 cm³/mol. The molecular weight excluding hydrogens is 258 g/mol. The molecular formula is C14H19N3O3. The molecule has 6 heteroatoms. The molecule has 6 nitrogen and oxygen atoms in total. The zero-order valence-electron chi connectivity index (χ0n) is 11.2. The smallest absolute Gasteiger partial charge is 0.315 e. The number of aromatic nitrogens is 1. The number of amides is 2. The summed E-state index contributed by atoms with van der Waals surface area (Å²) < 4.78 is 0. The highest BCUT2D eigenvalue weighted by Gasteiger charge is 2.30. The predicted octanol–water partition coefficient (Wildman–Crippen LogP) is 1.18. The van der Waals surface area contributed by atoms with Gasteiger partial charge in [-0.25, -0.2) is 4.79 Å². The first-order valence-corrected chi connectivity index (χ1v) is 6.81. The number of hydrogen-bond donors (Lipinski definition) is 3. The van der Waals surface area contributed by atoms with Gasteiger partial charge >= 0.3 is 12.0 Å². The fourth-order valence-electron chi connectivity index (χ4n) is 2.44. The zero-order valence-corrected chi connectivity index (χ0v) is 11.2. The van der Waals surface area contributed by atoms with Gasteiger partial charge in [-0.15, -0.1) is 0 Å². The van der Waals surface area contributed by atoms with E-state index >= 15 is 0 Å². The number of nitrogens with one attached hydrogen (secondary N) is 2. The van der Waals surface area contributed by atoms with Crippen molar-refractivity contribution in [3.05, 3.63) is 30.1 Å². The molecule has 1 aromatic heterocycles.